The van der Waals surface area contributed by atoms with Gasteiger partial charge in [0.1, 0.15) is 17.3 Å². The second-order valence-electron chi connectivity index (χ2n) is 21.9. The normalized spacial score (nSPS) is 50.7. The van der Waals surface area contributed by atoms with Gasteiger partial charge in [0.15, 0.2) is 0 Å². The molecule has 0 saturated heterocycles. The van der Waals surface area contributed by atoms with E-state index >= 15 is 0 Å². The summed E-state index contributed by atoms with van der Waals surface area (Å²) in [6.07, 6.45) is 22.1. The zero-order valence-corrected chi connectivity index (χ0v) is 34.8. The van der Waals surface area contributed by atoms with Gasteiger partial charge >= 0.3 is 0 Å². The van der Waals surface area contributed by atoms with Crippen molar-refractivity contribution in [2.75, 3.05) is 0 Å². The third kappa shape index (κ3) is 6.19. The molecule has 8 fully saturated rings. The smallest absolute Gasteiger partial charge is 0.136 e. The van der Waals surface area contributed by atoms with Gasteiger partial charge in [-0.05, 0) is 157 Å². The fourth-order valence-electron chi connectivity index (χ4n) is 17.0. The van der Waals surface area contributed by atoms with Crippen LogP contribution in [0.5, 0.6) is 0 Å². The van der Waals surface area contributed by atoms with Crippen molar-refractivity contribution >= 4 is 17.3 Å². The minimum Gasteiger partial charge on any atom is -0.393 e. The second-order valence-corrected chi connectivity index (χ2v) is 21.9. The molecule has 0 heterocycles. The minimum atomic E-state index is -0.172. The maximum atomic E-state index is 13.3. The zero-order chi connectivity index (χ0) is 37.4. The van der Waals surface area contributed by atoms with Gasteiger partial charge in [0.2, 0.25) is 0 Å². The predicted molar refractivity (Wildman–Crippen MR) is 210 cm³/mol. The van der Waals surface area contributed by atoms with Gasteiger partial charge in [0.05, 0.1) is 6.10 Å². The van der Waals surface area contributed by atoms with Gasteiger partial charge in [0, 0.05) is 38.0 Å². The van der Waals surface area contributed by atoms with Crippen molar-refractivity contribution in [3.8, 4) is 0 Å². The molecule has 52 heavy (non-hydrogen) atoms. The lowest BCUT2D eigenvalue weighted by atomic mass is 9.44. The number of fused-ring (bicyclic) bond motifs is 10. The molecule has 1 N–H and O–H groups in total. The number of rotatable bonds is 6. The molecule has 4 nitrogen and oxygen atoms in total. The minimum absolute atomic E-state index is 0.172. The molecule has 4 heteroatoms. The first kappa shape index (κ1) is 39.2. The Morgan fingerprint density at radius 3 is 1.63 bits per heavy atom. The van der Waals surface area contributed by atoms with Crippen molar-refractivity contribution < 1.29 is 19.5 Å². The first-order valence-corrected chi connectivity index (χ1v) is 22.9. The molecule has 8 rings (SSSR count). The largest absolute Gasteiger partial charge is 0.393 e. The van der Waals surface area contributed by atoms with Crippen molar-refractivity contribution in [2.45, 2.75) is 190 Å². The molecule has 8 aliphatic rings. The number of ketones is 3. The fraction of sp³-hybridized carbons (Fsp3) is 0.938. The lowest BCUT2D eigenvalue weighted by molar-refractivity contribution is -0.168. The highest BCUT2D eigenvalue weighted by Crippen LogP contribution is 2.69. The summed E-state index contributed by atoms with van der Waals surface area (Å²) in [4.78, 5) is 37.4. The van der Waals surface area contributed by atoms with E-state index in [4.69, 9.17) is 0 Å². The topological polar surface area (TPSA) is 71.4 Å². The Morgan fingerprint density at radius 1 is 0.596 bits per heavy atom. The van der Waals surface area contributed by atoms with E-state index in [9.17, 15) is 19.5 Å². The van der Waals surface area contributed by atoms with Crippen molar-refractivity contribution in [1.82, 2.24) is 0 Å². The van der Waals surface area contributed by atoms with E-state index in [-0.39, 0.29) is 11.5 Å². The van der Waals surface area contributed by atoms with Crippen LogP contribution in [0.4, 0.5) is 0 Å². The summed E-state index contributed by atoms with van der Waals surface area (Å²) in [7, 11) is 0. The van der Waals surface area contributed by atoms with Crippen LogP contribution in [-0.4, -0.2) is 28.6 Å². The summed E-state index contributed by atoms with van der Waals surface area (Å²) in [5.41, 5.74) is 1.34. The van der Waals surface area contributed by atoms with Gasteiger partial charge in [-0.15, -0.1) is 0 Å². The lowest BCUT2D eigenvalue weighted by Crippen LogP contribution is -2.58. The SMILES string of the molecule is CCC[C@@H](C)[C@H]1CC[C@H]2[C@@H]3C(=O)C[C@@H]4CC(=O)CC[C@]4(C)[C@H]3CC[C@]12C.CCC[C@@H](C)[C@H]1CC[C@H]2[C@@H]3C(O)C[C@@H]4CC(=O)CC[C@]4(C)[C@H]3CC[C@]12C. The molecule has 0 radical (unpaired) electrons. The third-order valence-corrected chi connectivity index (χ3v) is 19.8. The summed E-state index contributed by atoms with van der Waals surface area (Å²) in [5.74, 6) is 8.66. The van der Waals surface area contributed by atoms with Gasteiger partial charge < -0.3 is 5.11 Å². The highest BCUT2D eigenvalue weighted by atomic mass is 16.3. The molecule has 1 unspecified atom stereocenters. The van der Waals surface area contributed by atoms with E-state index in [2.05, 4.69) is 55.4 Å². The Bertz CT molecular complexity index is 1350. The first-order valence-electron chi connectivity index (χ1n) is 22.9. The van der Waals surface area contributed by atoms with E-state index in [1.807, 2.05) is 0 Å². The molecule has 0 aromatic heterocycles. The summed E-state index contributed by atoms with van der Waals surface area (Å²) in [5, 5.41) is 11.2. The molecular formula is C48H78O4. The first-order chi connectivity index (χ1) is 24.6. The summed E-state index contributed by atoms with van der Waals surface area (Å²) >= 11 is 0. The maximum absolute atomic E-state index is 13.3. The summed E-state index contributed by atoms with van der Waals surface area (Å²) in [6, 6.07) is 0. The highest BCUT2D eigenvalue weighted by Gasteiger charge is 2.64. The monoisotopic (exact) mass is 719 g/mol. The van der Waals surface area contributed by atoms with E-state index in [0.29, 0.717) is 93.8 Å². The molecule has 0 aromatic carbocycles. The Morgan fingerprint density at radius 2 is 1.06 bits per heavy atom. The van der Waals surface area contributed by atoms with Crippen molar-refractivity contribution in [1.29, 1.82) is 0 Å². The predicted octanol–water partition coefficient (Wildman–Crippen LogP) is 11.5. The molecule has 0 bridgehead atoms. The van der Waals surface area contributed by atoms with Crippen LogP contribution in [-0.2, 0) is 14.4 Å². The number of aliphatic hydroxyl groups excluding tert-OH is 1. The van der Waals surface area contributed by atoms with Crippen LogP contribution in [0.25, 0.3) is 0 Å². The van der Waals surface area contributed by atoms with Crippen LogP contribution in [0.3, 0.4) is 0 Å². The zero-order valence-electron chi connectivity index (χ0n) is 34.8. The van der Waals surface area contributed by atoms with E-state index < -0.39 is 0 Å². The molecule has 0 aliphatic heterocycles. The van der Waals surface area contributed by atoms with Crippen LogP contribution in [0.2, 0.25) is 0 Å². The van der Waals surface area contributed by atoms with Gasteiger partial charge in [-0.3, -0.25) is 14.4 Å². The molecule has 17 atom stereocenters. The number of carbonyl (C=O) groups is 3. The Labute approximate surface area is 318 Å². The Balaban J connectivity index is 0.000000162. The molecule has 0 spiro atoms. The average molecular weight is 719 g/mol. The van der Waals surface area contributed by atoms with E-state index in [1.165, 1.54) is 77.0 Å². The molecular weight excluding hydrogens is 641 g/mol. The number of hydrogen-bond donors (Lipinski definition) is 1. The molecule has 8 aliphatic carbocycles. The van der Waals surface area contributed by atoms with Crippen molar-refractivity contribution in [3.63, 3.8) is 0 Å². The molecule has 8 saturated carbocycles. The van der Waals surface area contributed by atoms with E-state index in [0.717, 1.165) is 62.2 Å². The third-order valence-electron chi connectivity index (χ3n) is 19.8. The lowest BCUT2D eigenvalue weighted by Gasteiger charge is -2.62. The Kier molecular flexibility index (Phi) is 10.9. The Hall–Kier alpha value is -1.03. The van der Waals surface area contributed by atoms with Crippen molar-refractivity contribution in [2.24, 2.45) is 92.7 Å². The van der Waals surface area contributed by atoms with E-state index in [1.54, 1.807) is 0 Å². The average Bonchev–Trinajstić information content (AvgIpc) is 3.64. The summed E-state index contributed by atoms with van der Waals surface area (Å²) < 4.78 is 0. The molecule has 294 valence electrons. The fourth-order valence-corrected chi connectivity index (χ4v) is 17.0. The van der Waals surface area contributed by atoms with Gasteiger partial charge in [-0.1, -0.05) is 81.1 Å². The van der Waals surface area contributed by atoms with Crippen LogP contribution < -0.4 is 0 Å². The maximum Gasteiger partial charge on any atom is 0.136 e. The van der Waals surface area contributed by atoms with Crippen LogP contribution >= 0.6 is 0 Å². The van der Waals surface area contributed by atoms with Gasteiger partial charge in [0.25, 0.3) is 0 Å². The second kappa shape index (κ2) is 14.5. The molecule has 0 amide bonds. The van der Waals surface area contributed by atoms with Crippen molar-refractivity contribution in [3.05, 3.63) is 0 Å². The van der Waals surface area contributed by atoms with Gasteiger partial charge in [-0.2, -0.15) is 0 Å². The van der Waals surface area contributed by atoms with Crippen LogP contribution in [0.15, 0.2) is 0 Å². The van der Waals surface area contributed by atoms with Gasteiger partial charge in [-0.25, -0.2) is 0 Å². The highest BCUT2D eigenvalue weighted by molar-refractivity contribution is 5.86. The number of carbonyl (C=O) groups excluding carboxylic acids is 3. The molecule has 0 aromatic rings. The van der Waals surface area contributed by atoms with Crippen LogP contribution in [0.1, 0.15) is 184 Å². The number of hydrogen-bond acceptors (Lipinski definition) is 4. The quantitative estimate of drug-likeness (QED) is 0.297. The van der Waals surface area contributed by atoms with Crippen LogP contribution in [0, 0.1) is 92.7 Å². The summed E-state index contributed by atoms with van der Waals surface area (Å²) in [6.45, 7) is 19.6. The number of Topliss-reactive ketones (excluding diaryl/α,β-unsaturated/α-hetero) is 3. The number of aliphatic hydroxyl groups is 1. The standard InChI is InChI=1S/C24H40O2.C24H38O2/c2*1-5-6-15(2)18-7-8-19-22-20(10-12-24(18,19)4)23(3)11-9-17(25)13-16(23)14-21(22)26/h15-16,18-22,26H,5-14H2,1-4H3;15-16,18-20,22H,5-14H2,1-4H3/t15-,16+,18-,19+,20+,21?,22+,23+,24-;15-,16+,18-,19+,20+,22+,23+,24-/m11/s1.